The topological polar surface area (TPSA) is 66.5 Å². The number of nitrogens with one attached hydrogen (secondary N) is 1. The Morgan fingerprint density at radius 3 is 2.65 bits per heavy atom. The lowest BCUT2D eigenvalue weighted by Gasteiger charge is -2.16. The van der Waals surface area contributed by atoms with Crippen molar-refractivity contribution >= 4 is 17.7 Å². The second-order valence-electron chi connectivity index (χ2n) is 4.74. The molecule has 0 radical (unpaired) electrons. The fraction of sp³-hybridized carbons (Fsp3) is 0.357. The smallest absolute Gasteiger partial charge is 0.265 e. The largest absolute Gasteiger partial charge is 0.352 e. The molecule has 1 aromatic carbocycles. The third kappa shape index (κ3) is 2.41. The highest BCUT2D eigenvalue weighted by molar-refractivity contribution is 6.22. The second kappa shape index (κ2) is 5.40. The number of benzene rings is 1. The van der Waals surface area contributed by atoms with E-state index in [1.54, 1.807) is 0 Å². The fourth-order valence-electron chi connectivity index (χ4n) is 2.00. The second-order valence-corrected chi connectivity index (χ2v) is 4.74. The Hall–Kier alpha value is -2.24. The normalized spacial score (nSPS) is 15.2. The Kier molecular flexibility index (Phi) is 3.83. The van der Waals surface area contributed by atoms with Gasteiger partial charge in [-0.2, -0.15) is 0 Å². The van der Waals surface area contributed by atoms with Crippen LogP contribution in [0.2, 0.25) is 0 Å². The molecule has 0 bridgehead atoms. The van der Waals surface area contributed by atoms with E-state index in [-0.39, 0.29) is 17.2 Å². The summed E-state index contributed by atoms with van der Waals surface area (Å²) in [5.74, 6) is -2.58. The van der Waals surface area contributed by atoms with Crippen LogP contribution in [-0.2, 0) is 4.79 Å². The van der Waals surface area contributed by atoms with Crippen LogP contribution in [0, 0.1) is 5.82 Å². The summed E-state index contributed by atoms with van der Waals surface area (Å²) < 4.78 is 13.6. The average Bonchev–Trinajstić information content (AvgIpc) is 2.65. The maximum atomic E-state index is 13.6. The summed E-state index contributed by atoms with van der Waals surface area (Å²) in [5, 5.41) is 2.66. The SMILES string of the molecule is CCC(C)NC(=O)CN1C(=O)c2cccc(F)c2C1=O. The fourth-order valence-corrected chi connectivity index (χ4v) is 2.00. The van der Waals surface area contributed by atoms with Crippen LogP contribution < -0.4 is 5.32 Å². The lowest BCUT2D eigenvalue weighted by atomic mass is 10.1. The number of hydrogen-bond donors (Lipinski definition) is 1. The molecule has 0 fully saturated rings. The number of hydrogen-bond acceptors (Lipinski definition) is 3. The molecule has 5 nitrogen and oxygen atoms in total. The van der Waals surface area contributed by atoms with Gasteiger partial charge in [-0.15, -0.1) is 0 Å². The van der Waals surface area contributed by atoms with Gasteiger partial charge in [-0.3, -0.25) is 19.3 Å². The number of carbonyl (C=O) groups is 3. The first-order valence-corrected chi connectivity index (χ1v) is 6.39. The quantitative estimate of drug-likeness (QED) is 0.845. The van der Waals surface area contributed by atoms with Crippen molar-refractivity contribution in [3.8, 4) is 0 Å². The molecule has 1 N–H and O–H groups in total. The van der Waals surface area contributed by atoms with Crippen LogP contribution in [0.3, 0.4) is 0 Å². The summed E-state index contributed by atoms with van der Waals surface area (Å²) in [6.07, 6.45) is 0.739. The Bertz CT molecular complexity index is 586. The van der Waals surface area contributed by atoms with E-state index in [0.29, 0.717) is 0 Å². The zero-order valence-corrected chi connectivity index (χ0v) is 11.3. The van der Waals surface area contributed by atoms with E-state index in [0.717, 1.165) is 17.4 Å². The maximum Gasteiger partial charge on any atom is 0.265 e. The molecule has 0 saturated carbocycles. The molecule has 0 spiro atoms. The number of fused-ring (bicyclic) bond motifs is 1. The number of halogens is 1. The molecule has 3 amide bonds. The van der Waals surface area contributed by atoms with Gasteiger partial charge in [0.15, 0.2) is 0 Å². The molecule has 1 aliphatic heterocycles. The van der Waals surface area contributed by atoms with Crippen LogP contribution in [0.15, 0.2) is 18.2 Å². The third-order valence-corrected chi connectivity index (χ3v) is 3.27. The minimum Gasteiger partial charge on any atom is -0.352 e. The molecular formula is C14H15FN2O3. The van der Waals surface area contributed by atoms with Gasteiger partial charge in [0.1, 0.15) is 12.4 Å². The maximum absolute atomic E-state index is 13.6. The lowest BCUT2D eigenvalue weighted by molar-refractivity contribution is -0.122. The van der Waals surface area contributed by atoms with E-state index >= 15 is 0 Å². The monoisotopic (exact) mass is 278 g/mol. The Balaban J connectivity index is 2.17. The summed E-state index contributed by atoms with van der Waals surface area (Å²) >= 11 is 0. The summed E-state index contributed by atoms with van der Waals surface area (Å²) in [4.78, 5) is 36.5. The van der Waals surface area contributed by atoms with E-state index in [4.69, 9.17) is 0 Å². The van der Waals surface area contributed by atoms with Crippen molar-refractivity contribution in [3.63, 3.8) is 0 Å². The van der Waals surface area contributed by atoms with Gasteiger partial charge >= 0.3 is 0 Å². The van der Waals surface area contributed by atoms with Gasteiger partial charge in [-0.05, 0) is 25.5 Å². The standard InChI is InChI=1S/C14H15FN2O3/c1-3-8(2)16-11(18)7-17-13(19)9-5-4-6-10(15)12(9)14(17)20/h4-6,8H,3,7H2,1-2H3,(H,16,18). The number of nitrogens with zero attached hydrogens (tertiary/aromatic N) is 1. The molecule has 1 unspecified atom stereocenters. The van der Waals surface area contributed by atoms with Crippen molar-refractivity contribution in [2.75, 3.05) is 6.54 Å². The highest BCUT2D eigenvalue weighted by Gasteiger charge is 2.38. The van der Waals surface area contributed by atoms with Crippen molar-refractivity contribution in [3.05, 3.63) is 35.1 Å². The minimum atomic E-state index is -0.762. The third-order valence-electron chi connectivity index (χ3n) is 3.27. The molecule has 0 saturated heterocycles. The van der Waals surface area contributed by atoms with Gasteiger partial charge in [0.2, 0.25) is 5.91 Å². The van der Waals surface area contributed by atoms with Crippen molar-refractivity contribution in [1.29, 1.82) is 0 Å². The summed E-state index contributed by atoms with van der Waals surface area (Å²) in [6, 6.07) is 3.81. The highest BCUT2D eigenvalue weighted by atomic mass is 19.1. The van der Waals surface area contributed by atoms with Crippen molar-refractivity contribution in [2.24, 2.45) is 0 Å². The molecule has 0 aromatic heterocycles. The summed E-state index contributed by atoms with van der Waals surface area (Å²) in [5.41, 5.74) is -0.250. The molecule has 2 rings (SSSR count). The van der Waals surface area contributed by atoms with Crippen LogP contribution in [-0.4, -0.2) is 35.2 Å². The zero-order chi connectivity index (χ0) is 14.9. The van der Waals surface area contributed by atoms with Gasteiger partial charge in [0, 0.05) is 6.04 Å². The summed E-state index contributed by atoms with van der Waals surface area (Å²) in [6.45, 7) is 3.33. The van der Waals surface area contributed by atoms with Crippen LogP contribution in [0.5, 0.6) is 0 Å². The minimum absolute atomic E-state index is 0.00587. The van der Waals surface area contributed by atoms with Crippen LogP contribution in [0.1, 0.15) is 41.0 Å². The van der Waals surface area contributed by atoms with E-state index in [1.165, 1.54) is 12.1 Å². The lowest BCUT2D eigenvalue weighted by Crippen LogP contribution is -2.43. The van der Waals surface area contributed by atoms with E-state index in [9.17, 15) is 18.8 Å². The van der Waals surface area contributed by atoms with E-state index in [2.05, 4.69) is 5.32 Å². The van der Waals surface area contributed by atoms with Gasteiger partial charge in [0.25, 0.3) is 11.8 Å². The molecule has 106 valence electrons. The zero-order valence-electron chi connectivity index (χ0n) is 11.3. The molecule has 20 heavy (non-hydrogen) atoms. The molecule has 6 heteroatoms. The predicted molar refractivity (Wildman–Crippen MR) is 69.7 cm³/mol. The first-order chi connectivity index (χ1) is 9.45. The number of amides is 3. The van der Waals surface area contributed by atoms with E-state index in [1.807, 2.05) is 13.8 Å². The highest BCUT2D eigenvalue weighted by Crippen LogP contribution is 2.24. The van der Waals surface area contributed by atoms with Crippen molar-refractivity contribution in [2.45, 2.75) is 26.3 Å². The number of rotatable bonds is 4. The molecule has 1 atom stereocenters. The Morgan fingerprint density at radius 2 is 2.05 bits per heavy atom. The molecule has 1 aromatic rings. The molecule has 1 aliphatic rings. The summed E-state index contributed by atoms with van der Waals surface area (Å²) in [7, 11) is 0. The van der Waals surface area contributed by atoms with Gasteiger partial charge < -0.3 is 5.32 Å². The van der Waals surface area contributed by atoms with E-state index < -0.39 is 30.1 Å². The van der Waals surface area contributed by atoms with Crippen molar-refractivity contribution in [1.82, 2.24) is 10.2 Å². The molecule has 0 aliphatic carbocycles. The number of carbonyl (C=O) groups excluding carboxylic acids is 3. The average molecular weight is 278 g/mol. The van der Waals surface area contributed by atoms with Gasteiger partial charge in [0.05, 0.1) is 11.1 Å². The van der Waals surface area contributed by atoms with Crippen LogP contribution in [0.4, 0.5) is 4.39 Å². The first-order valence-electron chi connectivity index (χ1n) is 6.39. The first kappa shape index (κ1) is 14.2. The molecular weight excluding hydrogens is 263 g/mol. The van der Waals surface area contributed by atoms with Gasteiger partial charge in [-0.25, -0.2) is 4.39 Å². The Labute approximate surface area is 115 Å². The van der Waals surface area contributed by atoms with Crippen LogP contribution >= 0.6 is 0 Å². The van der Waals surface area contributed by atoms with Crippen molar-refractivity contribution < 1.29 is 18.8 Å². The predicted octanol–water partition coefficient (Wildman–Crippen LogP) is 1.34. The van der Waals surface area contributed by atoms with Crippen LogP contribution in [0.25, 0.3) is 0 Å². The molecule has 1 heterocycles. The Morgan fingerprint density at radius 1 is 1.35 bits per heavy atom. The number of imide groups is 1. The van der Waals surface area contributed by atoms with Gasteiger partial charge in [-0.1, -0.05) is 13.0 Å².